The predicted molar refractivity (Wildman–Crippen MR) is 113 cm³/mol. The third kappa shape index (κ3) is 3.51. The van der Waals surface area contributed by atoms with E-state index in [0.717, 1.165) is 33.3 Å². The first-order valence-electron chi connectivity index (χ1n) is 8.22. The summed E-state index contributed by atoms with van der Waals surface area (Å²) < 4.78 is 1.69. The van der Waals surface area contributed by atoms with E-state index >= 15 is 0 Å². The van der Waals surface area contributed by atoms with Crippen molar-refractivity contribution in [1.82, 2.24) is 15.1 Å². The number of fused-ring (bicyclic) bond motifs is 1. The molecule has 3 aliphatic rings. The quantitative estimate of drug-likeness (QED) is 0.604. The summed E-state index contributed by atoms with van der Waals surface area (Å²) in [4.78, 5) is 9.01. The molecular weight excluding hydrogens is 342 g/mol. The Morgan fingerprint density at radius 1 is 1.35 bits per heavy atom. The van der Waals surface area contributed by atoms with Crippen molar-refractivity contribution >= 4 is 35.9 Å². The lowest BCUT2D eigenvalue weighted by molar-refractivity contribution is 0.937. The van der Waals surface area contributed by atoms with Crippen LogP contribution in [-0.2, 0) is 0 Å². The van der Waals surface area contributed by atoms with Gasteiger partial charge >= 0.3 is 0 Å². The minimum absolute atomic E-state index is 0. The van der Waals surface area contributed by atoms with Crippen LogP contribution in [0.25, 0.3) is 11.8 Å². The Bertz CT molecular complexity index is 893. The zero-order valence-corrected chi connectivity index (χ0v) is 14.7. The number of hydrogen-bond donors (Lipinski definition) is 2. The normalized spacial score (nSPS) is 21.2. The molecule has 134 valence electrons. The number of aliphatic imine (C=N–C) groups is 2. The molecule has 1 aliphatic carbocycles. The standard InChI is InChI=1S/C19H19N5S.CH4/c1-3-24-11-14(9-22-24)16-10-21-18-15(16)6-7-20-19(18)23-17(25)8-12(2)13-4-5-13;/h3,6-11,13,15,25H,1-2,4-5H2,(H,20,23);1H4/b17-8-;. The number of nitrogens with zero attached hydrogens (tertiary/aromatic N) is 4. The molecule has 4 rings (SSSR count). The highest BCUT2D eigenvalue weighted by atomic mass is 32.1. The summed E-state index contributed by atoms with van der Waals surface area (Å²) in [6.45, 7) is 7.83. The summed E-state index contributed by atoms with van der Waals surface area (Å²) in [6, 6.07) is 0. The van der Waals surface area contributed by atoms with Crippen LogP contribution in [0.5, 0.6) is 0 Å². The lowest BCUT2D eigenvalue weighted by Gasteiger charge is -2.19. The summed E-state index contributed by atoms with van der Waals surface area (Å²) in [5.74, 6) is 1.40. The maximum atomic E-state index is 4.58. The van der Waals surface area contributed by atoms with Crippen LogP contribution in [0.15, 0.2) is 70.7 Å². The first-order chi connectivity index (χ1) is 12.2. The molecule has 0 aromatic carbocycles. The molecule has 1 saturated carbocycles. The van der Waals surface area contributed by atoms with Gasteiger partial charge in [-0.05, 0) is 36.0 Å². The van der Waals surface area contributed by atoms with E-state index in [-0.39, 0.29) is 13.3 Å². The number of amidine groups is 1. The van der Waals surface area contributed by atoms with Gasteiger partial charge in [-0.2, -0.15) is 5.10 Å². The predicted octanol–water partition coefficient (Wildman–Crippen LogP) is 4.28. The molecule has 0 bridgehead atoms. The SMILES string of the molecule is C.C=Cn1cc(C2=CN=C3C(N/C(S)=C/C(=C)C4CC4)=NC=CC23)cn1. The van der Waals surface area contributed by atoms with Crippen molar-refractivity contribution in [2.45, 2.75) is 20.3 Å². The Hall–Kier alpha value is -2.60. The first-order valence-corrected chi connectivity index (χ1v) is 8.66. The second kappa shape index (κ2) is 7.33. The first kappa shape index (κ1) is 18.2. The van der Waals surface area contributed by atoms with Gasteiger partial charge in [0.05, 0.1) is 22.9 Å². The number of rotatable bonds is 5. The van der Waals surface area contributed by atoms with Gasteiger partial charge in [0.1, 0.15) is 0 Å². The minimum atomic E-state index is 0. The topological polar surface area (TPSA) is 54.6 Å². The molecule has 1 aromatic heterocycles. The van der Waals surface area contributed by atoms with E-state index in [4.69, 9.17) is 0 Å². The molecule has 1 atom stereocenters. The van der Waals surface area contributed by atoms with Crippen LogP contribution in [0.1, 0.15) is 25.8 Å². The Balaban J connectivity index is 0.00000196. The fourth-order valence-electron chi connectivity index (χ4n) is 2.96. The number of aromatic nitrogens is 2. The highest BCUT2D eigenvalue weighted by Gasteiger charge is 2.30. The van der Waals surface area contributed by atoms with Crippen molar-refractivity contribution in [3.63, 3.8) is 0 Å². The minimum Gasteiger partial charge on any atom is -0.334 e. The van der Waals surface area contributed by atoms with Gasteiger partial charge in [-0.1, -0.05) is 26.7 Å². The molecule has 1 aromatic rings. The molecule has 5 nitrogen and oxygen atoms in total. The summed E-state index contributed by atoms with van der Waals surface area (Å²) >= 11 is 4.53. The molecule has 26 heavy (non-hydrogen) atoms. The van der Waals surface area contributed by atoms with Crippen molar-refractivity contribution in [2.24, 2.45) is 21.8 Å². The summed E-state index contributed by atoms with van der Waals surface area (Å²) in [7, 11) is 0. The summed E-state index contributed by atoms with van der Waals surface area (Å²) in [5, 5.41) is 8.24. The van der Waals surface area contributed by atoms with Gasteiger partial charge in [0, 0.05) is 30.4 Å². The van der Waals surface area contributed by atoms with Crippen LogP contribution in [0.4, 0.5) is 0 Å². The number of hydrogen-bond acceptors (Lipinski definition) is 5. The van der Waals surface area contributed by atoms with E-state index < -0.39 is 0 Å². The van der Waals surface area contributed by atoms with Gasteiger partial charge in [0.2, 0.25) is 0 Å². The average molecular weight is 366 g/mol. The molecule has 1 N–H and O–H groups in total. The third-order valence-corrected chi connectivity index (χ3v) is 4.73. The second-order valence-electron chi connectivity index (χ2n) is 6.29. The van der Waals surface area contributed by atoms with Crippen molar-refractivity contribution in [2.75, 3.05) is 0 Å². The van der Waals surface area contributed by atoms with Crippen LogP contribution < -0.4 is 5.32 Å². The number of nitrogens with one attached hydrogen (secondary N) is 1. The maximum Gasteiger partial charge on any atom is 0.153 e. The molecule has 1 unspecified atom stereocenters. The molecule has 0 spiro atoms. The molecule has 3 heterocycles. The van der Waals surface area contributed by atoms with Crippen molar-refractivity contribution in [3.8, 4) is 0 Å². The largest absolute Gasteiger partial charge is 0.334 e. The third-order valence-electron chi connectivity index (χ3n) is 4.49. The van der Waals surface area contributed by atoms with E-state index in [1.807, 2.05) is 30.7 Å². The van der Waals surface area contributed by atoms with Crippen LogP contribution in [0, 0.1) is 11.8 Å². The molecule has 0 saturated heterocycles. The van der Waals surface area contributed by atoms with E-state index in [9.17, 15) is 0 Å². The van der Waals surface area contributed by atoms with Gasteiger partial charge in [0.15, 0.2) is 5.84 Å². The second-order valence-corrected chi connectivity index (χ2v) is 6.77. The molecule has 1 fully saturated rings. The van der Waals surface area contributed by atoms with Crippen LogP contribution in [0.2, 0.25) is 0 Å². The monoisotopic (exact) mass is 365 g/mol. The van der Waals surface area contributed by atoms with E-state index in [0.29, 0.717) is 5.92 Å². The summed E-state index contributed by atoms with van der Waals surface area (Å²) in [6.07, 6.45) is 15.6. The van der Waals surface area contributed by atoms with Crippen LogP contribution in [0.3, 0.4) is 0 Å². The molecule has 2 aliphatic heterocycles. The van der Waals surface area contributed by atoms with Crippen molar-refractivity contribution < 1.29 is 0 Å². The molecule has 0 radical (unpaired) electrons. The molecule has 0 amide bonds. The van der Waals surface area contributed by atoms with E-state index in [2.05, 4.69) is 46.2 Å². The Morgan fingerprint density at radius 2 is 2.15 bits per heavy atom. The van der Waals surface area contributed by atoms with Crippen LogP contribution >= 0.6 is 12.6 Å². The maximum absolute atomic E-state index is 4.58. The Morgan fingerprint density at radius 3 is 2.85 bits per heavy atom. The lowest BCUT2D eigenvalue weighted by atomic mass is 9.91. The highest BCUT2D eigenvalue weighted by Crippen LogP contribution is 2.36. The summed E-state index contributed by atoms with van der Waals surface area (Å²) in [5.41, 5.74) is 4.13. The van der Waals surface area contributed by atoms with Crippen molar-refractivity contribution in [1.29, 1.82) is 0 Å². The fourth-order valence-corrected chi connectivity index (χ4v) is 3.23. The van der Waals surface area contributed by atoms with Gasteiger partial charge in [-0.15, -0.1) is 12.6 Å². The number of allylic oxidation sites excluding steroid dienone is 4. The van der Waals surface area contributed by atoms with Gasteiger partial charge in [-0.25, -0.2) is 9.67 Å². The highest BCUT2D eigenvalue weighted by molar-refractivity contribution is 7.84. The lowest BCUT2D eigenvalue weighted by Crippen LogP contribution is -2.34. The zero-order chi connectivity index (χ0) is 17.4. The van der Waals surface area contributed by atoms with Crippen LogP contribution in [-0.4, -0.2) is 21.3 Å². The smallest absolute Gasteiger partial charge is 0.153 e. The van der Waals surface area contributed by atoms with Gasteiger partial charge in [0.25, 0.3) is 0 Å². The fraction of sp³-hybridized carbons (Fsp3) is 0.250. The molecule has 6 heteroatoms. The van der Waals surface area contributed by atoms with Gasteiger partial charge in [-0.3, -0.25) is 4.99 Å². The Labute approximate surface area is 159 Å². The van der Waals surface area contributed by atoms with Gasteiger partial charge < -0.3 is 5.32 Å². The number of thiol groups is 1. The average Bonchev–Trinajstić information content (AvgIpc) is 3.19. The molecular formula is C20H23N5S. The van der Waals surface area contributed by atoms with E-state index in [1.54, 1.807) is 17.1 Å². The van der Waals surface area contributed by atoms with Crippen molar-refractivity contribution in [3.05, 3.63) is 66.3 Å². The van der Waals surface area contributed by atoms with E-state index in [1.165, 1.54) is 12.8 Å². The Kier molecular flexibility index (Phi) is 5.13. The zero-order valence-electron chi connectivity index (χ0n) is 13.8.